The lowest BCUT2D eigenvalue weighted by atomic mass is 10.1. The second-order valence-electron chi connectivity index (χ2n) is 4.78. The van der Waals surface area contributed by atoms with Crippen molar-refractivity contribution in [2.24, 2.45) is 0 Å². The topological polar surface area (TPSA) is 29.5 Å². The molecule has 0 aliphatic rings. The highest BCUT2D eigenvalue weighted by Gasteiger charge is 2.15. The molecule has 0 aliphatic heterocycles. The van der Waals surface area contributed by atoms with Crippen LogP contribution in [0.5, 0.6) is 0 Å². The molecule has 3 heteroatoms. The van der Waals surface area contributed by atoms with Crippen molar-refractivity contribution in [1.82, 2.24) is 0 Å². The summed E-state index contributed by atoms with van der Waals surface area (Å²) in [6.07, 6.45) is 1.57. The van der Waals surface area contributed by atoms with Crippen LogP contribution in [0.15, 0.2) is 60.7 Å². The Bertz CT molecular complexity index is 540. The van der Waals surface area contributed by atoms with Gasteiger partial charge < -0.3 is 4.74 Å². The van der Waals surface area contributed by atoms with E-state index in [9.17, 15) is 4.79 Å². The lowest BCUT2D eigenvalue weighted by molar-refractivity contribution is 0.159. The highest BCUT2D eigenvalue weighted by Crippen LogP contribution is 2.16. The fraction of sp³-hybridized carbons (Fsp3) is 0.278. The second kappa shape index (κ2) is 8.10. The Labute approximate surface area is 126 Å². The van der Waals surface area contributed by atoms with Crippen LogP contribution in [0.3, 0.4) is 0 Å². The van der Waals surface area contributed by atoms with Gasteiger partial charge in [-0.3, -0.25) is 4.90 Å². The van der Waals surface area contributed by atoms with Crippen molar-refractivity contribution in [1.29, 1.82) is 0 Å². The molecule has 0 heterocycles. The van der Waals surface area contributed by atoms with Crippen LogP contribution in [-0.4, -0.2) is 19.2 Å². The van der Waals surface area contributed by atoms with E-state index < -0.39 is 0 Å². The largest absolute Gasteiger partial charge is 0.449 e. The summed E-state index contributed by atoms with van der Waals surface area (Å²) in [6.45, 7) is 2.86. The first-order valence-electron chi connectivity index (χ1n) is 7.34. The van der Waals surface area contributed by atoms with E-state index in [-0.39, 0.29) is 6.09 Å². The summed E-state index contributed by atoms with van der Waals surface area (Å²) in [5, 5.41) is 0. The minimum Gasteiger partial charge on any atom is -0.449 e. The van der Waals surface area contributed by atoms with Gasteiger partial charge in [-0.25, -0.2) is 4.79 Å². The first-order valence-corrected chi connectivity index (χ1v) is 7.34. The molecule has 0 N–H and O–H groups in total. The SMILES string of the molecule is CCOC(=O)N(CCCc1ccccc1)c1ccccc1. The molecule has 0 spiro atoms. The zero-order chi connectivity index (χ0) is 14.9. The summed E-state index contributed by atoms with van der Waals surface area (Å²) >= 11 is 0. The molecule has 0 saturated carbocycles. The van der Waals surface area contributed by atoms with E-state index in [1.807, 2.05) is 55.5 Å². The van der Waals surface area contributed by atoms with Crippen LogP contribution in [0.2, 0.25) is 0 Å². The molecule has 3 nitrogen and oxygen atoms in total. The molecule has 0 bridgehead atoms. The number of hydrogen-bond acceptors (Lipinski definition) is 2. The maximum Gasteiger partial charge on any atom is 0.414 e. The number of aryl methyl sites for hydroxylation is 1. The Morgan fingerprint density at radius 1 is 1.00 bits per heavy atom. The van der Waals surface area contributed by atoms with Gasteiger partial charge in [0.25, 0.3) is 0 Å². The molecule has 0 radical (unpaired) electrons. The molecule has 0 fully saturated rings. The quantitative estimate of drug-likeness (QED) is 0.791. The van der Waals surface area contributed by atoms with Gasteiger partial charge in [0.15, 0.2) is 0 Å². The zero-order valence-corrected chi connectivity index (χ0v) is 12.4. The number of anilines is 1. The van der Waals surface area contributed by atoms with Gasteiger partial charge in [0, 0.05) is 12.2 Å². The van der Waals surface area contributed by atoms with E-state index in [0.29, 0.717) is 13.2 Å². The molecule has 2 aromatic rings. The Morgan fingerprint density at radius 2 is 1.62 bits per heavy atom. The second-order valence-corrected chi connectivity index (χ2v) is 4.78. The predicted octanol–water partition coefficient (Wildman–Crippen LogP) is 4.28. The summed E-state index contributed by atoms with van der Waals surface area (Å²) in [5.74, 6) is 0. The first-order chi connectivity index (χ1) is 10.3. The van der Waals surface area contributed by atoms with Crippen molar-refractivity contribution >= 4 is 11.8 Å². The average Bonchev–Trinajstić information content (AvgIpc) is 2.53. The molecule has 0 unspecified atom stereocenters. The van der Waals surface area contributed by atoms with Gasteiger partial charge in [-0.2, -0.15) is 0 Å². The smallest absolute Gasteiger partial charge is 0.414 e. The highest BCUT2D eigenvalue weighted by atomic mass is 16.6. The highest BCUT2D eigenvalue weighted by molar-refractivity contribution is 5.87. The third-order valence-corrected chi connectivity index (χ3v) is 3.25. The lowest BCUT2D eigenvalue weighted by Gasteiger charge is -2.22. The molecule has 2 aromatic carbocycles. The Kier molecular flexibility index (Phi) is 5.83. The van der Waals surface area contributed by atoms with Gasteiger partial charge >= 0.3 is 6.09 Å². The van der Waals surface area contributed by atoms with Crippen LogP contribution in [0, 0.1) is 0 Å². The maximum atomic E-state index is 12.1. The Hall–Kier alpha value is -2.29. The van der Waals surface area contributed by atoms with Crippen molar-refractivity contribution in [3.8, 4) is 0 Å². The number of rotatable bonds is 6. The number of carbonyl (C=O) groups excluding carboxylic acids is 1. The van der Waals surface area contributed by atoms with Crippen molar-refractivity contribution in [2.45, 2.75) is 19.8 Å². The summed E-state index contributed by atoms with van der Waals surface area (Å²) in [5.41, 5.74) is 2.17. The van der Waals surface area contributed by atoms with E-state index >= 15 is 0 Å². The van der Waals surface area contributed by atoms with E-state index in [4.69, 9.17) is 4.74 Å². The fourth-order valence-corrected chi connectivity index (χ4v) is 2.22. The van der Waals surface area contributed by atoms with Crippen LogP contribution >= 0.6 is 0 Å². The van der Waals surface area contributed by atoms with Crippen LogP contribution in [0.25, 0.3) is 0 Å². The zero-order valence-electron chi connectivity index (χ0n) is 12.4. The number of nitrogens with zero attached hydrogens (tertiary/aromatic N) is 1. The van der Waals surface area contributed by atoms with Crippen LogP contribution < -0.4 is 4.90 Å². The lowest BCUT2D eigenvalue weighted by Crippen LogP contribution is -2.32. The molecule has 110 valence electrons. The molecule has 1 amide bonds. The normalized spacial score (nSPS) is 10.1. The van der Waals surface area contributed by atoms with Gasteiger partial charge in [-0.1, -0.05) is 48.5 Å². The van der Waals surface area contributed by atoms with E-state index in [2.05, 4.69) is 12.1 Å². The number of ether oxygens (including phenoxy) is 1. The monoisotopic (exact) mass is 283 g/mol. The van der Waals surface area contributed by atoms with Crippen molar-refractivity contribution in [2.75, 3.05) is 18.1 Å². The fourth-order valence-electron chi connectivity index (χ4n) is 2.22. The minimum atomic E-state index is -0.281. The number of benzene rings is 2. The van der Waals surface area contributed by atoms with Crippen molar-refractivity contribution in [3.63, 3.8) is 0 Å². The predicted molar refractivity (Wildman–Crippen MR) is 85.6 cm³/mol. The van der Waals surface area contributed by atoms with Crippen molar-refractivity contribution < 1.29 is 9.53 Å². The average molecular weight is 283 g/mol. The van der Waals surface area contributed by atoms with E-state index in [0.717, 1.165) is 18.5 Å². The van der Waals surface area contributed by atoms with Crippen LogP contribution in [0.1, 0.15) is 18.9 Å². The molecule has 2 rings (SSSR count). The molecule has 21 heavy (non-hydrogen) atoms. The van der Waals surface area contributed by atoms with E-state index in [1.54, 1.807) is 4.90 Å². The van der Waals surface area contributed by atoms with Crippen molar-refractivity contribution in [3.05, 3.63) is 66.2 Å². The number of amides is 1. The maximum absolute atomic E-state index is 12.1. The van der Waals surface area contributed by atoms with Gasteiger partial charge in [0.05, 0.1) is 6.61 Å². The summed E-state index contributed by atoms with van der Waals surface area (Å²) in [6, 6.07) is 20.0. The third-order valence-electron chi connectivity index (χ3n) is 3.25. The third kappa shape index (κ3) is 4.63. The standard InChI is InChI=1S/C18H21NO2/c1-2-21-18(20)19(17-13-7-4-8-14-17)15-9-12-16-10-5-3-6-11-16/h3-8,10-11,13-14H,2,9,12,15H2,1H3. The molecule has 0 saturated heterocycles. The summed E-state index contributed by atoms with van der Waals surface area (Å²) in [7, 11) is 0. The number of para-hydroxylation sites is 1. The van der Waals surface area contributed by atoms with Gasteiger partial charge in [-0.15, -0.1) is 0 Å². The number of carbonyl (C=O) groups is 1. The van der Waals surface area contributed by atoms with Gasteiger partial charge in [-0.05, 0) is 37.5 Å². The van der Waals surface area contributed by atoms with Gasteiger partial charge in [0.1, 0.15) is 0 Å². The summed E-state index contributed by atoms with van der Waals surface area (Å²) in [4.78, 5) is 13.8. The van der Waals surface area contributed by atoms with Gasteiger partial charge in [0.2, 0.25) is 0 Å². The van der Waals surface area contributed by atoms with Crippen LogP contribution in [0.4, 0.5) is 10.5 Å². The Morgan fingerprint density at radius 3 is 2.24 bits per heavy atom. The molecule has 0 aromatic heterocycles. The Balaban J connectivity index is 1.98. The first kappa shape index (κ1) is 15.1. The van der Waals surface area contributed by atoms with Crippen LogP contribution in [-0.2, 0) is 11.2 Å². The molecule has 0 atom stereocenters. The summed E-state index contributed by atoms with van der Waals surface area (Å²) < 4.78 is 5.15. The van der Waals surface area contributed by atoms with E-state index in [1.165, 1.54) is 5.56 Å². The molecular formula is C18H21NO2. The molecular weight excluding hydrogens is 262 g/mol. The number of hydrogen-bond donors (Lipinski definition) is 0. The molecule has 0 aliphatic carbocycles. The minimum absolute atomic E-state index is 0.281.